The van der Waals surface area contributed by atoms with Crippen LogP contribution in [-0.4, -0.2) is 15.1 Å². The molecule has 7 heteroatoms. The lowest BCUT2D eigenvalue weighted by Gasteiger charge is -2.14. The number of aliphatic hydroxyl groups is 1. The third-order valence-electron chi connectivity index (χ3n) is 3.00. The number of hydrogen-bond acceptors (Lipinski definition) is 3. The van der Waals surface area contributed by atoms with E-state index >= 15 is 0 Å². The van der Waals surface area contributed by atoms with E-state index in [-0.39, 0.29) is 11.4 Å². The lowest BCUT2D eigenvalue weighted by atomic mass is 10.1. The maximum absolute atomic E-state index is 13.1. The maximum Gasteiger partial charge on any atom is 0.417 e. The molecule has 2 aromatic rings. The van der Waals surface area contributed by atoms with E-state index in [0.29, 0.717) is 15.7 Å². The Balaban J connectivity index is 2.60. The van der Waals surface area contributed by atoms with E-state index in [4.69, 9.17) is 0 Å². The first-order valence-corrected chi connectivity index (χ1v) is 6.88. The van der Waals surface area contributed by atoms with Crippen LogP contribution in [0, 0.1) is 6.92 Å². The van der Waals surface area contributed by atoms with E-state index in [2.05, 4.69) is 25.9 Å². The van der Waals surface area contributed by atoms with Crippen LogP contribution in [0.3, 0.4) is 0 Å². The molecule has 1 atom stereocenters. The molecular weight excluding hydrogens is 349 g/mol. The lowest BCUT2D eigenvalue weighted by molar-refractivity contribution is -0.137. The smallest absolute Gasteiger partial charge is 0.389 e. The van der Waals surface area contributed by atoms with Gasteiger partial charge in [-0.1, -0.05) is 15.9 Å². The number of aryl methyl sites for hydroxylation is 1. The first kappa shape index (κ1) is 15.9. The third-order valence-corrected chi connectivity index (χ3v) is 3.49. The quantitative estimate of drug-likeness (QED) is 0.868. The molecule has 0 saturated carbocycles. The van der Waals surface area contributed by atoms with Gasteiger partial charge in [0.05, 0.1) is 11.7 Å². The summed E-state index contributed by atoms with van der Waals surface area (Å²) < 4.78 is 39.6. The van der Waals surface area contributed by atoms with Gasteiger partial charge in [-0.05, 0) is 32.0 Å². The van der Waals surface area contributed by atoms with E-state index in [1.807, 2.05) is 0 Å². The molecule has 0 bridgehead atoms. The summed E-state index contributed by atoms with van der Waals surface area (Å²) in [6.07, 6.45) is -3.92. The predicted molar refractivity (Wildman–Crippen MR) is 75.5 cm³/mol. The molecule has 1 N–H and O–H groups in total. The molecule has 1 aromatic heterocycles. The molecule has 21 heavy (non-hydrogen) atoms. The van der Waals surface area contributed by atoms with Crippen LogP contribution in [0.4, 0.5) is 13.2 Å². The fourth-order valence-corrected chi connectivity index (χ4v) is 2.32. The molecule has 0 aliphatic carbocycles. The summed E-state index contributed by atoms with van der Waals surface area (Å²) >= 11 is 3.03. The highest BCUT2D eigenvalue weighted by Crippen LogP contribution is 2.37. The maximum atomic E-state index is 13.1. The zero-order chi connectivity index (χ0) is 15.8. The van der Waals surface area contributed by atoms with Crippen molar-refractivity contribution in [2.45, 2.75) is 26.1 Å². The van der Waals surface area contributed by atoms with Gasteiger partial charge in [0.15, 0.2) is 5.82 Å². The largest absolute Gasteiger partial charge is 0.417 e. The molecule has 0 radical (unpaired) electrons. The Morgan fingerprint density at radius 1 is 1.29 bits per heavy atom. The number of nitrogens with zero attached hydrogens (tertiary/aromatic N) is 2. The van der Waals surface area contributed by atoms with Gasteiger partial charge < -0.3 is 5.11 Å². The minimum Gasteiger partial charge on any atom is -0.389 e. The van der Waals surface area contributed by atoms with Crippen LogP contribution in [0.25, 0.3) is 11.4 Å². The first-order valence-electron chi connectivity index (χ1n) is 6.09. The van der Waals surface area contributed by atoms with Gasteiger partial charge in [-0.25, -0.2) is 9.97 Å². The fourth-order valence-electron chi connectivity index (χ4n) is 1.96. The molecule has 0 aliphatic rings. The van der Waals surface area contributed by atoms with Crippen molar-refractivity contribution in [2.75, 3.05) is 0 Å². The Morgan fingerprint density at radius 2 is 1.95 bits per heavy atom. The summed E-state index contributed by atoms with van der Waals surface area (Å²) in [6.45, 7) is 3.17. The van der Waals surface area contributed by atoms with Crippen LogP contribution in [-0.2, 0) is 6.18 Å². The highest BCUT2D eigenvalue weighted by Gasteiger charge is 2.34. The van der Waals surface area contributed by atoms with Crippen molar-refractivity contribution in [2.24, 2.45) is 0 Å². The highest BCUT2D eigenvalue weighted by atomic mass is 79.9. The second-order valence-corrected chi connectivity index (χ2v) is 5.51. The van der Waals surface area contributed by atoms with E-state index in [1.165, 1.54) is 18.3 Å². The second kappa shape index (κ2) is 5.73. The van der Waals surface area contributed by atoms with Crippen LogP contribution in [0.15, 0.2) is 28.9 Å². The Morgan fingerprint density at radius 3 is 2.48 bits per heavy atom. The van der Waals surface area contributed by atoms with Gasteiger partial charge in [-0.15, -0.1) is 0 Å². The Labute approximate surface area is 128 Å². The van der Waals surface area contributed by atoms with Gasteiger partial charge in [0.1, 0.15) is 0 Å². The number of benzene rings is 1. The van der Waals surface area contributed by atoms with E-state index in [9.17, 15) is 18.3 Å². The molecule has 0 saturated heterocycles. The second-order valence-electron chi connectivity index (χ2n) is 4.60. The molecule has 0 spiro atoms. The van der Waals surface area contributed by atoms with Crippen LogP contribution in [0.5, 0.6) is 0 Å². The number of alkyl halides is 3. The molecule has 0 aliphatic heterocycles. The van der Waals surface area contributed by atoms with Crippen molar-refractivity contribution in [3.05, 3.63) is 45.7 Å². The molecule has 0 fully saturated rings. The standard InChI is InChI=1S/C14H12BrF3N2O/c1-7-11(8(2)21)6-19-13(20-7)10-4-3-9(15)5-12(10)14(16,17)18/h3-6,8,21H,1-2H3/t8-/m0/s1. The molecule has 2 rings (SSSR count). The Kier molecular flexibility index (Phi) is 4.34. The Bertz CT molecular complexity index is 672. The van der Waals surface area contributed by atoms with Crippen LogP contribution >= 0.6 is 15.9 Å². The third kappa shape index (κ3) is 3.41. The zero-order valence-electron chi connectivity index (χ0n) is 11.2. The molecule has 0 unspecified atom stereocenters. The SMILES string of the molecule is Cc1nc(-c2ccc(Br)cc2C(F)(F)F)ncc1[C@H](C)O. The lowest BCUT2D eigenvalue weighted by Crippen LogP contribution is -2.09. The monoisotopic (exact) mass is 360 g/mol. The van der Waals surface area contributed by atoms with E-state index in [0.717, 1.165) is 6.07 Å². The topological polar surface area (TPSA) is 46.0 Å². The Hall–Kier alpha value is -1.47. The summed E-state index contributed by atoms with van der Waals surface area (Å²) in [5, 5.41) is 9.52. The first-order chi connectivity index (χ1) is 9.70. The number of rotatable bonds is 2. The van der Waals surface area contributed by atoms with Crippen molar-refractivity contribution >= 4 is 15.9 Å². The summed E-state index contributed by atoms with van der Waals surface area (Å²) in [7, 11) is 0. The molecule has 1 heterocycles. The molecular formula is C14H12BrF3N2O. The summed E-state index contributed by atoms with van der Waals surface area (Å²) in [4.78, 5) is 8.03. The van der Waals surface area contributed by atoms with Crippen molar-refractivity contribution in [1.29, 1.82) is 0 Å². The van der Waals surface area contributed by atoms with Crippen LogP contribution < -0.4 is 0 Å². The van der Waals surface area contributed by atoms with Gasteiger partial charge in [0, 0.05) is 27.5 Å². The fraction of sp³-hybridized carbons (Fsp3) is 0.286. The molecule has 3 nitrogen and oxygen atoms in total. The van der Waals surface area contributed by atoms with Crippen molar-refractivity contribution < 1.29 is 18.3 Å². The molecule has 1 aromatic carbocycles. The van der Waals surface area contributed by atoms with Crippen molar-refractivity contribution in [3.8, 4) is 11.4 Å². The zero-order valence-corrected chi connectivity index (χ0v) is 12.8. The number of aliphatic hydroxyl groups excluding tert-OH is 1. The highest BCUT2D eigenvalue weighted by molar-refractivity contribution is 9.10. The van der Waals surface area contributed by atoms with Gasteiger partial charge in [-0.3, -0.25) is 0 Å². The predicted octanol–water partition coefficient (Wildman–Crippen LogP) is 4.29. The average molecular weight is 361 g/mol. The summed E-state index contributed by atoms with van der Waals surface area (Å²) in [5.74, 6) is -0.0169. The number of hydrogen-bond donors (Lipinski definition) is 1. The van der Waals surface area contributed by atoms with Crippen molar-refractivity contribution in [3.63, 3.8) is 0 Å². The van der Waals surface area contributed by atoms with Gasteiger partial charge in [0.25, 0.3) is 0 Å². The van der Waals surface area contributed by atoms with Crippen LogP contribution in [0.2, 0.25) is 0 Å². The average Bonchev–Trinajstić information content (AvgIpc) is 2.37. The minimum atomic E-state index is -4.50. The summed E-state index contributed by atoms with van der Waals surface area (Å²) in [5.41, 5.74) is 0.0440. The van der Waals surface area contributed by atoms with Gasteiger partial charge >= 0.3 is 6.18 Å². The van der Waals surface area contributed by atoms with Crippen molar-refractivity contribution in [1.82, 2.24) is 9.97 Å². The molecule has 112 valence electrons. The minimum absolute atomic E-state index is 0.0169. The van der Waals surface area contributed by atoms with E-state index < -0.39 is 17.8 Å². The van der Waals surface area contributed by atoms with Gasteiger partial charge in [-0.2, -0.15) is 13.2 Å². The van der Waals surface area contributed by atoms with E-state index in [1.54, 1.807) is 13.8 Å². The number of aromatic nitrogens is 2. The number of halogens is 4. The normalized spacial score (nSPS) is 13.3. The van der Waals surface area contributed by atoms with Crippen LogP contribution in [0.1, 0.15) is 29.8 Å². The summed E-state index contributed by atoms with van der Waals surface area (Å²) in [6, 6.07) is 3.83. The van der Waals surface area contributed by atoms with Gasteiger partial charge in [0.2, 0.25) is 0 Å². The molecule has 0 amide bonds.